The third-order valence-corrected chi connectivity index (χ3v) is 3.85. The number of benzene rings is 1. The second kappa shape index (κ2) is 5.61. The number of aromatic nitrogens is 1. The van der Waals surface area contributed by atoms with E-state index in [2.05, 4.69) is 10.3 Å². The quantitative estimate of drug-likeness (QED) is 0.807. The molecule has 0 radical (unpaired) electrons. The summed E-state index contributed by atoms with van der Waals surface area (Å²) in [6.45, 7) is 0.901. The molecule has 1 N–H and O–H groups in total. The lowest BCUT2D eigenvalue weighted by Gasteiger charge is -2.20. The molecule has 0 spiro atoms. The van der Waals surface area contributed by atoms with Crippen molar-refractivity contribution in [2.75, 3.05) is 0 Å². The molecule has 0 aliphatic carbocycles. The molecular weight excluding hydrogens is 292 g/mol. The molecule has 0 atom stereocenters. The van der Waals surface area contributed by atoms with E-state index in [4.69, 9.17) is 9.15 Å². The highest BCUT2D eigenvalue weighted by Gasteiger charge is 2.18. The van der Waals surface area contributed by atoms with Crippen molar-refractivity contribution in [2.24, 2.45) is 0 Å². The fourth-order valence-electron chi connectivity index (χ4n) is 2.64. The number of nitrogens with one attached hydrogen (secondary N) is 1. The van der Waals surface area contributed by atoms with E-state index >= 15 is 0 Å². The van der Waals surface area contributed by atoms with Gasteiger partial charge in [-0.1, -0.05) is 0 Å². The van der Waals surface area contributed by atoms with Gasteiger partial charge in [-0.25, -0.2) is 0 Å². The van der Waals surface area contributed by atoms with Crippen molar-refractivity contribution in [2.45, 2.75) is 13.2 Å². The van der Waals surface area contributed by atoms with Crippen LogP contribution in [-0.4, -0.2) is 10.9 Å². The second-order valence-corrected chi connectivity index (χ2v) is 5.35. The molecule has 23 heavy (non-hydrogen) atoms. The smallest absolute Gasteiger partial charge is 0.251 e. The minimum absolute atomic E-state index is 0.141. The first-order valence-corrected chi connectivity index (χ1v) is 7.30. The zero-order valence-electron chi connectivity index (χ0n) is 12.3. The number of ether oxygens (including phenoxy) is 1. The topological polar surface area (TPSA) is 64.4 Å². The molecule has 0 saturated heterocycles. The summed E-state index contributed by atoms with van der Waals surface area (Å²) in [5, 5.41) is 2.86. The number of rotatable bonds is 3. The van der Waals surface area contributed by atoms with Gasteiger partial charge >= 0.3 is 0 Å². The fourth-order valence-corrected chi connectivity index (χ4v) is 2.64. The van der Waals surface area contributed by atoms with Crippen LogP contribution in [0.4, 0.5) is 0 Å². The zero-order valence-corrected chi connectivity index (χ0v) is 12.3. The summed E-state index contributed by atoms with van der Waals surface area (Å²) in [7, 11) is 0. The van der Waals surface area contributed by atoms with Gasteiger partial charge in [0.2, 0.25) is 0 Å². The van der Waals surface area contributed by atoms with E-state index in [9.17, 15) is 4.79 Å². The average Bonchev–Trinajstić information content (AvgIpc) is 3.12. The highest BCUT2D eigenvalue weighted by Crippen LogP contribution is 2.37. The van der Waals surface area contributed by atoms with Crippen LogP contribution in [-0.2, 0) is 13.2 Å². The van der Waals surface area contributed by atoms with Crippen LogP contribution in [0.25, 0.3) is 11.1 Å². The van der Waals surface area contributed by atoms with Crippen LogP contribution in [0.15, 0.2) is 59.7 Å². The SMILES string of the molecule is O=C(NCc1ccoc1)c1ccc2c(c1)OCc1cnccc1-2. The molecule has 3 aromatic rings. The Bertz CT molecular complexity index is 856. The summed E-state index contributed by atoms with van der Waals surface area (Å²) < 4.78 is 10.7. The Morgan fingerprint density at radius 1 is 1.22 bits per heavy atom. The standard InChI is InChI=1S/C18H14N2O3/c21-18(20-8-12-4-6-22-10-12)13-1-2-16-15-3-5-19-9-14(15)11-23-17(16)7-13/h1-7,9-10H,8,11H2,(H,20,21). The van der Waals surface area contributed by atoms with Crippen LogP contribution in [0, 0.1) is 0 Å². The number of amides is 1. The Hall–Kier alpha value is -3.08. The van der Waals surface area contributed by atoms with Crippen molar-refractivity contribution in [1.82, 2.24) is 10.3 Å². The van der Waals surface area contributed by atoms with Gasteiger partial charge in [0.15, 0.2) is 0 Å². The molecule has 0 unspecified atom stereocenters. The molecule has 4 rings (SSSR count). The lowest BCUT2D eigenvalue weighted by Crippen LogP contribution is -2.22. The summed E-state index contributed by atoms with van der Waals surface area (Å²) in [6, 6.07) is 9.29. The number of hydrogen-bond acceptors (Lipinski definition) is 4. The number of hydrogen-bond donors (Lipinski definition) is 1. The molecule has 5 heteroatoms. The Morgan fingerprint density at radius 3 is 3.04 bits per heavy atom. The van der Waals surface area contributed by atoms with Crippen molar-refractivity contribution in [1.29, 1.82) is 0 Å². The number of fused-ring (bicyclic) bond motifs is 3. The van der Waals surface area contributed by atoms with Crippen LogP contribution in [0.1, 0.15) is 21.5 Å². The van der Waals surface area contributed by atoms with Crippen molar-refractivity contribution >= 4 is 5.91 Å². The number of carbonyl (C=O) groups is 1. The third-order valence-electron chi connectivity index (χ3n) is 3.85. The van der Waals surface area contributed by atoms with Crippen molar-refractivity contribution in [3.05, 3.63) is 71.9 Å². The Morgan fingerprint density at radius 2 is 2.17 bits per heavy atom. The maximum atomic E-state index is 12.3. The number of pyridine rings is 1. The first-order valence-electron chi connectivity index (χ1n) is 7.30. The summed E-state index contributed by atoms with van der Waals surface area (Å²) in [4.78, 5) is 16.4. The molecule has 2 aromatic heterocycles. The Labute approximate surface area is 132 Å². The summed E-state index contributed by atoms with van der Waals surface area (Å²) in [6.07, 6.45) is 6.77. The Balaban J connectivity index is 1.57. The van der Waals surface area contributed by atoms with Crippen molar-refractivity contribution in [3.8, 4) is 16.9 Å². The summed E-state index contributed by atoms with van der Waals surface area (Å²) in [5.41, 5.74) is 4.64. The third kappa shape index (κ3) is 2.57. The predicted molar refractivity (Wildman–Crippen MR) is 83.9 cm³/mol. The van der Waals surface area contributed by atoms with Crippen LogP contribution >= 0.6 is 0 Å². The minimum Gasteiger partial charge on any atom is -0.488 e. The summed E-state index contributed by atoms with van der Waals surface area (Å²) >= 11 is 0. The molecule has 0 bridgehead atoms. The lowest BCUT2D eigenvalue weighted by molar-refractivity contribution is 0.0950. The number of nitrogens with zero attached hydrogens (tertiary/aromatic N) is 1. The Kier molecular flexibility index (Phi) is 3.31. The molecule has 0 saturated carbocycles. The highest BCUT2D eigenvalue weighted by molar-refractivity contribution is 5.95. The van der Waals surface area contributed by atoms with E-state index in [0.29, 0.717) is 18.7 Å². The monoisotopic (exact) mass is 306 g/mol. The fraction of sp³-hybridized carbons (Fsp3) is 0.111. The van der Waals surface area contributed by atoms with Crippen LogP contribution in [0.5, 0.6) is 5.75 Å². The van der Waals surface area contributed by atoms with Gasteiger partial charge in [0.05, 0.1) is 12.5 Å². The molecule has 1 aromatic carbocycles. The van der Waals surface area contributed by atoms with Crippen LogP contribution in [0.2, 0.25) is 0 Å². The van der Waals surface area contributed by atoms with Gasteiger partial charge in [0.1, 0.15) is 12.4 Å². The average molecular weight is 306 g/mol. The van der Waals surface area contributed by atoms with Gasteiger partial charge in [0.25, 0.3) is 5.91 Å². The lowest BCUT2D eigenvalue weighted by atomic mass is 9.97. The highest BCUT2D eigenvalue weighted by atomic mass is 16.5. The van der Waals surface area contributed by atoms with E-state index in [-0.39, 0.29) is 5.91 Å². The zero-order chi connectivity index (χ0) is 15.6. The van der Waals surface area contributed by atoms with Crippen LogP contribution in [0.3, 0.4) is 0 Å². The van der Waals surface area contributed by atoms with E-state index in [1.165, 1.54) is 0 Å². The van der Waals surface area contributed by atoms with Crippen LogP contribution < -0.4 is 10.1 Å². The molecule has 114 valence electrons. The van der Waals surface area contributed by atoms with Gasteiger partial charge in [-0.15, -0.1) is 0 Å². The van der Waals surface area contributed by atoms with Gasteiger partial charge in [-0.05, 0) is 35.9 Å². The van der Waals surface area contributed by atoms with E-state index in [0.717, 1.165) is 28.0 Å². The molecule has 3 heterocycles. The molecule has 1 amide bonds. The molecule has 5 nitrogen and oxygen atoms in total. The number of carbonyl (C=O) groups excluding carboxylic acids is 1. The summed E-state index contributed by atoms with van der Waals surface area (Å²) in [5.74, 6) is 0.581. The second-order valence-electron chi connectivity index (χ2n) is 5.35. The maximum Gasteiger partial charge on any atom is 0.251 e. The molecular formula is C18H14N2O3. The largest absolute Gasteiger partial charge is 0.488 e. The minimum atomic E-state index is -0.141. The maximum absolute atomic E-state index is 12.3. The van der Waals surface area contributed by atoms with E-state index in [1.54, 1.807) is 24.8 Å². The van der Waals surface area contributed by atoms with Gasteiger partial charge in [-0.2, -0.15) is 0 Å². The van der Waals surface area contributed by atoms with E-state index < -0.39 is 0 Å². The molecule has 1 aliphatic heterocycles. The van der Waals surface area contributed by atoms with Crippen molar-refractivity contribution < 1.29 is 13.9 Å². The normalized spacial score (nSPS) is 12.0. The predicted octanol–water partition coefficient (Wildman–Crippen LogP) is 3.16. The molecule has 0 fully saturated rings. The first kappa shape index (κ1) is 13.6. The molecule has 1 aliphatic rings. The van der Waals surface area contributed by atoms with E-state index in [1.807, 2.05) is 30.5 Å². The van der Waals surface area contributed by atoms with Gasteiger partial charge < -0.3 is 14.5 Å². The number of furan rings is 1. The first-order chi connectivity index (χ1) is 11.3. The van der Waals surface area contributed by atoms with Gasteiger partial charge in [-0.3, -0.25) is 9.78 Å². The van der Waals surface area contributed by atoms with Gasteiger partial charge in [0, 0.05) is 41.2 Å². The van der Waals surface area contributed by atoms with Crippen molar-refractivity contribution in [3.63, 3.8) is 0 Å².